The minimum atomic E-state index is -0.660. The lowest BCUT2D eigenvalue weighted by molar-refractivity contribution is -0.127. The van der Waals surface area contributed by atoms with Crippen LogP contribution in [0.1, 0.15) is 18.1 Å². The number of nitrogens with one attached hydrogen (secondary N) is 1. The van der Waals surface area contributed by atoms with E-state index in [0.29, 0.717) is 5.75 Å². The van der Waals surface area contributed by atoms with Crippen molar-refractivity contribution in [2.24, 2.45) is 5.10 Å². The Bertz CT molecular complexity index is 758. The van der Waals surface area contributed by atoms with E-state index in [1.54, 1.807) is 13.1 Å². The van der Waals surface area contributed by atoms with Crippen LogP contribution in [0.3, 0.4) is 0 Å². The lowest BCUT2D eigenvalue weighted by Gasteiger charge is -2.14. The molecule has 0 aliphatic heterocycles. The summed E-state index contributed by atoms with van der Waals surface area (Å²) in [4.78, 5) is 14.1. The summed E-state index contributed by atoms with van der Waals surface area (Å²) < 4.78 is 6.48. The van der Waals surface area contributed by atoms with Crippen molar-refractivity contribution in [2.75, 3.05) is 19.0 Å². The summed E-state index contributed by atoms with van der Waals surface area (Å²) in [5.74, 6) is 0.310. The minimum Gasteiger partial charge on any atom is -0.480 e. The van der Waals surface area contributed by atoms with Gasteiger partial charge in [0.05, 0.1) is 10.7 Å². The van der Waals surface area contributed by atoms with Crippen LogP contribution >= 0.6 is 15.9 Å². The number of hydrazone groups is 1. The maximum absolute atomic E-state index is 12.1. The van der Waals surface area contributed by atoms with E-state index in [0.717, 1.165) is 21.3 Å². The molecule has 0 radical (unpaired) electrons. The second-order valence-corrected chi connectivity index (χ2v) is 6.77. The number of benzene rings is 2. The first-order valence-corrected chi connectivity index (χ1v) is 8.69. The van der Waals surface area contributed by atoms with Crippen molar-refractivity contribution in [3.63, 3.8) is 0 Å². The average molecular weight is 404 g/mol. The quantitative estimate of drug-likeness (QED) is 0.590. The summed E-state index contributed by atoms with van der Waals surface area (Å²) in [7, 11) is 3.97. The van der Waals surface area contributed by atoms with Crippen molar-refractivity contribution in [3.05, 3.63) is 58.1 Å². The molecule has 2 rings (SSSR count). The summed E-state index contributed by atoms with van der Waals surface area (Å²) in [5, 5.41) is 3.99. The van der Waals surface area contributed by atoms with Crippen molar-refractivity contribution in [1.29, 1.82) is 0 Å². The van der Waals surface area contributed by atoms with Gasteiger partial charge >= 0.3 is 0 Å². The van der Waals surface area contributed by atoms with Crippen LogP contribution in [0.4, 0.5) is 5.69 Å². The number of halogens is 1. The Morgan fingerprint density at radius 2 is 1.92 bits per heavy atom. The molecule has 0 aliphatic carbocycles. The Morgan fingerprint density at radius 1 is 1.24 bits per heavy atom. The van der Waals surface area contributed by atoms with Crippen molar-refractivity contribution in [2.45, 2.75) is 20.0 Å². The number of nitrogens with zero attached hydrogens (tertiary/aromatic N) is 2. The number of amides is 1. The van der Waals surface area contributed by atoms with Gasteiger partial charge in [-0.3, -0.25) is 4.79 Å². The van der Waals surface area contributed by atoms with Crippen molar-refractivity contribution in [3.8, 4) is 5.75 Å². The topological polar surface area (TPSA) is 53.9 Å². The number of aryl methyl sites for hydroxylation is 1. The molecule has 2 aromatic carbocycles. The number of carbonyl (C=O) groups is 1. The van der Waals surface area contributed by atoms with Gasteiger partial charge in [0.2, 0.25) is 0 Å². The Kier molecular flexibility index (Phi) is 6.58. The van der Waals surface area contributed by atoms with E-state index in [1.807, 2.05) is 68.4 Å². The van der Waals surface area contributed by atoms with Crippen LogP contribution in [-0.4, -0.2) is 32.3 Å². The first kappa shape index (κ1) is 19.0. The largest absolute Gasteiger partial charge is 0.480 e. The van der Waals surface area contributed by atoms with Crippen molar-refractivity contribution in [1.82, 2.24) is 5.43 Å². The summed E-state index contributed by atoms with van der Waals surface area (Å²) in [5.41, 5.74) is 5.62. The van der Waals surface area contributed by atoms with Crippen molar-refractivity contribution >= 4 is 33.7 Å². The zero-order chi connectivity index (χ0) is 18.4. The fraction of sp³-hybridized carbons (Fsp3) is 0.263. The molecule has 6 heteroatoms. The SMILES string of the molecule is Cc1ccc(OC(C)C(=O)NN=Cc2ccc(N(C)C)cc2)c(Br)c1. The molecular formula is C19H22BrN3O2. The third kappa shape index (κ3) is 5.60. The molecule has 25 heavy (non-hydrogen) atoms. The number of anilines is 1. The molecule has 0 saturated heterocycles. The fourth-order valence-corrected chi connectivity index (χ4v) is 2.65. The summed E-state index contributed by atoms with van der Waals surface area (Å²) in [6.07, 6.45) is 0.943. The van der Waals surface area contributed by atoms with Crippen LogP contribution in [0.15, 0.2) is 52.0 Å². The van der Waals surface area contributed by atoms with E-state index < -0.39 is 6.10 Å². The molecule has 1 unspecified atom stereocenters. The molecular weight excluding hydrogens is 382 g/mol. The Balaban J connectivity index is 1.90. The first-order valence-electron chi connectivity index (χ1n) is 7.90. The van der Waals surface area contributed by atoms with Crippen LogP contribution in [0.5, 0.6) is 5.75 Å². The molecule has 0 heterocycles. The highest BCUT2D eigenvalue weighted by molar-refractivity contribution is 9.10. The van der Waals surface area contributed by atoms with Crippen LogP contribution in [0.2, 0.25) is 0 Å². The van der Waals surface area contributed by atoms with Gasteiger partial charge in [-0.1, -0.05) is 18.2 Å². The molecule has 1 N–H and O–H groups in total. The van der Waals surface area contributed by atoms with E-state index in [2.05, 4.69) is 26.5 Å². The maximum Gasteiger partial charge on any atom is 0.280 e. The van der Waals surface area contributed by atoms with Crippen LogP contribution < -0.4 is 15.1 Å². The second-order valence-electron chi connectivity index (χ2n) is 5.91. The first-order chi connectivity index (χ1) is 11.9. The third-order valence-electron chi connectivity index (χ3n) is 3.56. The highest BCUT2D eigenvalue weighted by Crippen LogP contribution is 2.26. The number of hydrogen-bond donors (Lipinski definition) is 1. The van der Waals surface area contributed by atoms with Gasteiger partial charge in [-0.15, -0.1) is 0 Å². The van der Waals surface area contributed by atoms with Gasteiger partial charge in [-0.25, -0.2) is 5.43 Å². The van der Waals surface area contributed by atoms with E-state index >= 15 is 0 Å². The Hall–Kier alpha value is -2.34. The Morgan fingerprint density at radius 3 is 2.52 bits per heavy atom. The van der Waals surface area contributed by atoms with Gasteiger partial charge in [-0.2, -0.15) is 5.10 Å². The minimum absolute atomic E-state index is 0.311. The van der Waals surface area contributed by atoms with Gasteiger partial charge in [-0.05, 0) is 65.2 Å². The molecule has 1 amide bonds. The molecule has 0 spiro atoms. The number of hydrogen-bond acceptors (Lipinski definition) is 4. The fourth-order valence-electron chi connectivity index (χ4n) is 2.07. The van der Waals surface area contributed by atoms with E-state index in [1.165, 1.54) is 0 Å². The molecule has 0 aromatic heterocycles. The molecule has 132 valence electrons. The van der Waals surface area contributed by atoms with Crippen LogP contribution in [0.25, 0.3) is 0 Å². The lowest BCUT2D eigenvalue weighted by atomic mass is 10.2. The summed E-state index contributed by atoms with van der Waals surface area (Å²) >= 11 is 3.43. The number of ether oxygens (including phenoxy) is 1. The summed E-state index contributed by atoms with van der Waals surface area (Å²) in [6.45, 7) is 3.67. The average Bonchev–Trinajstić information content (AvgIpc) is 2.57. The van der Waals surface area contributed by atoms with Gasteiger partial charge in [0.1, 0.15) is 5.75 Å². The van der Waals surface area contributed by atoms with Crippen molar-refractivity contribution < 1.29 is 9.53 Å². The van der Waals surface area contributed by atoms with Gasteiger partial charge in [0.25, 0.3) is 5.91 Å². The molecule has 0 saturated carbocycles. The molecule has 5 nitrogen and oxygen atoms in total. The van der Waals surface area contributed by atoms with Gasteiger partial charge in [0.15, 0.2) is 6.10 Å². The smallest absolute Gasteiger partial charge is 0.280 e. The predicted molar refractivity (Wildman–Crippen MR) is 105 cm³/mol. The molecule has 0 fully saturated rings. The van der Waals surface area contributed by atoms with Crippen LogP contribution in [0, 0.1) is 6.92 Å². The molecule has 0 bridgehead atoms. The maximum atomic E-state index is 12.1. The van der Waals surface area contributed by atoms with E-state index in [-0.39, 0.29) is 5.91 Å². The number of carbonyl (C=O) groups excluding carboxylic acids is 1. The highest BCUT2D eigenvalue weighted by Gasteiger charge is 2.15. The predicted octanol–water partition coefficient (Wildman–Crippen LogP) is 3.74. The van der Waals surface area contributed by atoms with Gasteiger partial charge in [0, 0.05) is 19.8 Å². The monoisotopic (exact) mass is 403 g/mol. The zero-order valence-electron chi connectivity index (χ0n) is 14.8. The van der Waals surface area contributed by atoms with E-state index in [9.17, 15) is 4.79 Å². The molecule has 0 aliphatic rings. The Labute approximate surface area is 156 Å². The molecule has 1 atom stereocenters. The second kappa shape index (κ2) is 8.67. The van der Waals surface area contributed by atoms with E-state index in [4.69, 9.17) is 4.74 Å². The highest BCUT2D eigenvalue weighted by atomic mass is 79.9. The van der Waals surface area contributed by atoms with Crippen LogP contribution in [-0.2, 0) is 4.79 Å². The molecule has 2 aromatic rings. The normalized spacial score (nSPS) is 12.0. The number of rotatable bonds is 6. The van der Waals surface area contributed by atoms with Gasteiger partial charge < -0.3 is 9.64 Å². The summed E-state index contributed by atoms with van der Waals surface area (Å²) in [6, 6.07) is 13.6. The lowest BCUT2D eigenvalue weighted by Crippen LogP contribution is -2.33. The third-order valence-corrected chi connectivity index (χ3v) is 4.18. The zero-order valence-corrected chi connectivity index (χ0v) is 16.4. The standard InChI is InChI=1S/C19H22BrN3O2/c1-13-5-10-18(17(20)11-13)25-14(2)19(24)22-21-12-15-6-8-16(9-7-15)23(3)4/h5-12,14H,1-4H3,(H,22,24).